The Morgan fingerprint density at radius 3 is 2.52 bits per heavy atom. The van der Waals surface area contributed by atoms with Gasteiger partial charge in [-0.3, -0.25) is 14.5 Å². The van der Waals surface area contributed by atoms with E-state index in [0.717, 1.165) is 37.7 Å². The van der Waals surface area contributed by atoms with Gasteiger partial charge < -0.3 is 19.9 Å². The number of hydrogen-bond acceptors (Lipinski definition) is 8. The Morgan fingerprint density at radius 1 is 1.12 bits per heavy atom. The van der Waals surface area contributed by atoms with Crippen LogP contribution in [0.4, 0.5) is 19.0 Å². The number of aromatic nitrogens is 3. The van der Waals surface area contributed by atoms with Crippen LogP contribution in [-0.4, -0.2) is 88.7 Å². The van der Waals surface area contributed by atoms with Crippen LogP contribution >= 0.6 is 11.6 Å². The molecule has 0 radical (unpaired) electrons. The molecule has 10 nitrogen and oxygen atoms in total. The van der Waals surface area contributed by atoms with E-state index in [1.807, 2.05) is 21.9 Å². The number of ether oxygens (including phenoxy) is 1. The second-order valence-corrected chi connectivity index (χ2v) is 11.2. The molecular weight excluding hydrogens is 575 g/mol. The molecule has 42 heavy (non-hydrogen) atoms. The highest BCUT2D eigenvalue weighted by molar-refractivity contribution is 6.35. The third-order valence-electron chi connectivity index (χ3n) is 8.16. The summed E-state index contributed by atoms with van der Waals surface area (Å²) >= 11 is 6.51. The van der Waals surface area contributed by atoms with Gasteiger partial charge in [-0.2, -0.15) is 13.2 Å². The van der Waals surface area contributed by atoms with Gasteiger partial charge in [0.1, 0.15) is 12.0 Å². The van der Waals surface area contributed by atoms with Gasteiger partial charge in [0.05, 0.1) is 35.4 Å². The number of alkyl halides is 3. The number of hydrogen-bond donors (Lipinski definition) is 1. The lowest BCUT2D eigenvalue weighted by Crippen LogP contribution is -2.49. The van der Waals surface area contributed by atoms with Crippen molar-refractivity contribution in [3.8, 4) is 0 Å². The normalized spacial score (nSPS) is 21.6. The number of pyridine rings is 1. The Kier molecular flexibility index (Phi) is 7.66. The minimum absolute atomic E-state index is 0.0289. The fraction of sp³-hybridized carbons (Fsp3) is 0.464. The highest BCUT2D eigenvalue weighted by Crippen LogP contribution is 2.38. The first kappa shape index (κ1) is 28.6. The Balaban J connectivity index is 1.24. The van der Waals surface area contributed by atoms with Gasteiger partial charge in [-0.25, -0.2) is 15.0 Å². The van der Waals surface area contributed by atoms with E-state index in [0.29, 0.717) is 48.7 Å². The molecule has 6 rings (SSSR count). The zero-order valence-corrected chi connectivity index (χ0v) is 23.5. The lowest BCUT2D eigenvalue weighted by Gasteiger charge is -2.36. The summed E-state index contributed by atoms with van der Waals surface area (Å²) < 4.78 is 44.5. The van der Waals surface area contributed by atoms with Gasteiger partial charge in [-0.1, -0.05) is 11.6 Å². The van der Waals surface area contributed by atoms with Gasteiger partial charge in [0.2, 0.25) is 11.7 Å². The minimum Gasteiger partial charge on any atom is -0.379 e. The number of carbonyl (C=O) groups is 2. The van der Waals surface area contributed by atoms with Crippen LogP contribution in [0, 0.1) is 5.92 Å². The quantitative estimate of drug-likeness (QED) is 0.457. The third kappa shape index (κ3) is 5.48. The molecule has 3 aromatic rings. The summed E-state index contributed by atoms with van der Waals surface area (Å²) in [6.45, 7) is 5.21. The molecule has 14 heteroatoms. The molecule has 5 heterocycles. The third-order valence-corrected chi connectivity index (χ3v) is 8.47. The van der Waals surface area contributed by atoms with E-state index in [1.54, 1.807) is 19.1 Å². The molecule has 222 valence electrons. The minimum atomic E-state index is -4.65. The van der Waals surface area contributed by atoms with Crippen LogP contribution in [0.2, 0.25) is 5.02 Å². The molecule has 2 amide bonds. The first-order chi connectivity index (χ1) is 20.1. The van der Waals surface area contributed by atoms with E-state index in [-0.39, 0.29) is 29.2 Å². The van der Waals surface area contributed by atoms with Crippen LogP contribution in [0.3, 0.4) is 0 Å². The number of likely N-dealkylation sites (tertiary alicyclic amines) is 1. The summed E-state index contributed by atoms with van der Waals surface area (Å²) in [4.78, 5) is 43.5. The maximum atomic E-state index is 13.5. The number of halogens is 4. The Hall–Kier alpha value is -3.55. The summed E-state index contributed by atoms with van der Waals surface area (Å²) in [6.07, 6.45) is -1.48. The van der Waals surface area contributed by atoms with E-state index in [4.69, 9.17) is 21.3 Å². The SMILES string of the molecule is CC(=O)N1C[C@@H]2C[C@H]1N(c1ccc3c(C(=O)NCC(c4cnc(C(F)(F)F)nc4)N4CCOCC4)c(Cl)ccc3n1)C2. The largest absolute Gasteiger partial charge is 0.451 e. The molecule has 3 aliphatic rings. The van der Waals surface area contributed by atoms with Crippen molar-refractivity contribution in [1.82, 2.24) is 30.1 Å². The molecule has 1 unspecified atom stereocenters. The number of morpholine rings is 1. The Bertz CT molecular complexity index is 1500. The number of nitrogens with zero attached hydrogens (tertiary/aromatic N) is 6. The van der Waals surface area contributed by atoms with Gasteiger partial charge in [-0.15, -0.1) is 0 Å². The summed E-state index contributed by atoms with van der Waals surface area (Å²) in [6, 6.07) is 6.55. The van der Waals surface area contributed by atoms with Gasteiger partial charge in [-0.05, 0) is 36.6 Å². The fourth-order valence-corrected chi connectivity index (χ4v) is 6.40. The smallest absolute Gasteiger partial charge is 0.379 e. The molecule has 1 aromatic carbocycles. The first-order valence-corrected chi connectivity index (χ1v) is 14.1. The molecule has 3 saturated heterocycles. The summed E-state index contributed by atoms with van der Waals surface area (Å²) in [5.74, 6) is -0.492. The first-order valence-electron chi connectivity index (χ1n) is 13.7. The monoisotopic (exact) mass is 603 g/mol. The standard InChI is InChI=1S/C28H29ClF3N7O3/c1-16(40)38-14-17-10-24(38)39(15-17)23-5-2-19-21(36-23)4-3-20(29)25(19)26(41)33-13-22(37-6-8-42-9-7-37)18-11-34-27(35-12-18)28(30,31)32/h2-5,11-12,17,22,24H,6-10,13-15H2,1H3,(H,33,41)/t17-,22?,24+/m0/s1. The van der Waals surface area contributed by atoms with Crippen molar-refractivity contribution in [2.45, 2.75) is 31.7 Å². The number of fused-ring (bicyclic) bond motifs is 3. The van der Waals surface area contributed by atoms with Crippen LogP contribution in [0.15, 0.2) is 36.7 Å². The van der Waals surface area contributed by atoms with Crippen molar-refractivity contribution in [3.63, 3.8) is 0 Å². The highest BCUT2D eigenvalue weighted by atomic mass is 35.5. The summed E-state index contributed by atoms with van der Waals surface area (Å²) in [5.41, 5.74) is 1.28. The molecule has 1 N–H and O–H groups in total. The maximum absolute atomic E-state index is 13.5. The maximum Gasteiger partial charge on any atom is 0.451 e. The molecule has 3 atom stereocenters. The fourth-order valence-electron chi connectivity index (χ4n) is 6.15. The summed E-state index contributed by atoms with van der Waals surface area (Å²) in [7, 11) is 0. The molecular formula is C28H29ClF3N7O3. The molecule has 2 bridgehead atoms. The van der Waals surface area contributed by atoms with Gasteiger partial charge in [0, 0.05) is 63.0 Å². The highest BCUT2D eigenvalue weighted by Gasteiger charge is 2.45. The molecule has 0 saturated carbocycles. The number of anilines is 1. The number of carbonyl (C=O) groups excluding carboxylic acids is 2. The number of nitrogens with one attached hydrogen (secondary N) is 1. The van der Waals surface area contributed by atoms with E-state index < -0.39 is 23.9 Å². The Labute approximate surface area is 244 Å². The van der Waals surface area contributed by atoms with Crippen LogP contribution in [0.1, 0.15) is 41.1 Å². The molecule has 0 aliphatic carbocycles. The predicted octanol–water partition coefficient (Wildman–Crippen LogP) is 3.51. The number of benzene rings is 1. The zero-order chi connectivity index (χ0) is 29.6. The topological polar surface area (TPSA) is 104 Å². The van der Waals surface area contributed by atoms with Crippen molar-refractivity contribution in [1.29, 1.82) is 0 Å². The van der Waals surface area contributed by atoms with Crippen LogP contribution in [0.25, 0.3) is 10.9 Å². The summed E-state index contributed by atoms with van der Waals surface area (Å²) in [5, 5.41) is 3.73. The van der Waals surface area contributed by atoms with E-state index in [2.05, 4.69) is 20.2 Å². The molecule has 3 aliphatic heterocycles. The average Bonchev–Trinajstić information content (AvgIpc) is 3.59. The average molecular weight is 604 g/mol. The van der Waals surface area contributed by atoms with Crippen molar-refractivity contribution < 1.29 is 27.5 Å². The van der Waals surface area contributed by atoms with Crippen molar-refractivity contribution >= 4 is 40.1 Å². The van der Waals surface area contributed by atoms with E-state index >= 15 is 0 Å². The molecule has 0 spiro atoms. The number of amides is 2. The molecule has 2 aromatic heterocycles. The molecule has 3 fully saturated rings. The number of rotatable bonds is 6. The van der Waals surface area contributed by atoms with E-state index in [1.165, 1.54) is 0 Å². The van der Waals surface area contributed by atoms with Crippen LogP contribution in [0.5, 0.6) is 0 Å². The van der Waals surface area contributed by atoms with Crippen LogP contribution in [-0.2, 0) is 15.7 Å². The predicted molar refractivity (Wildman–Crippen MR) is 148 cm³/mol. The zero-order valence-electron chi connectivity index (χ0n) is 22.8. The van der Waals surface area contributed by atoms with Crippen molar-refractivity contribution in [2.75, 3.05) is 50.8 Å². The van der Waals surface area contributed by atoms with Gasteiger partial charge in [0.15, 0.2) is 0 Å². The van der Waals surface area contributed by atoms with Crippen LogP contribution < -0.4 is 10.2 Å². The van der Waals surface area contributed by atoms with E-state index in [9.17, 15) is 22.8 Å². The van der Waals surface area contributed by atoms with Crippen molar-refractivity contribution in [2.24, 2.45) is 5.92 Å². The second-order valence-electron chi connectivity index (χ2n) is 10.8. The second kappa shape index (κ2) is 11.3. The Morgan fingerprint density at radius 2 is 1.86 bits per heavy atom. The van der Waals surface area contributed by atoms with Gasteiger partial charge >= 0.3 is 6.18 Å². The van der Waals surface area contributed by atoms with Gasteiger partial charge in [0.25, 0.3) is 5.91 Å². The van der Waals surface area contributed by atoms with Crippen molar-refractivity contribution in [3.05, 3.63) is 58.6 Å². The lowest BCUT2D eigenvalue weighted by atomic mass is 10.1. The lowest BCUT2D eigenvalue weighted by molar-refractivity contribution is -0.145.